The van der Waals surface area contributed by atoms with E-state index in [4.69, 9.17) is 9.47 Å². The van der Waals surface area contributed by atoms with Crippen molar-refractivity contribution >= 4 is 34.0 Å². The molecule has 4 aliphatic rings. The third-order valence-corrected chi connectivity index (χ3v) is 9.61. The van der Waals surface area contributed by atoms with E-state index in [1.165, 1.54) is 55.6 Å². The molecule has 3 heterocycles. The molecule has 0 spiro atoms. The second-order valence-corrected chi connectivity index (χ2v) is 12.0. The highest BCUT2D eigenvalue weighted by atomic mass is 16.6. The highest BCUT2D eigenvalue weighted by Crippen LogP contribution is 2.49. The van der Waals surface area contributed by atoms with Crippen molar-refractivity contribution in [2.75, 3.05) is 0 Å². The Morgan fingerprint density at radius 2 is 1.41 bits per heavy atom. The molecular weight excluding hydrogens is 540 g/mol. The number of allylic oxidation sites excluding steroid dienone is 5. The van der Waals surface area contributed by atoms with Crippen LogP contribution in [-0.2, 0) is 6.42 Å². The SMILES string of the molecule is C1=CC2=Cc3c(c4c(n3-c3ccc5c(c3)c3ccccc3n5-c3ccccc3)C=CC3Oc5ccccc5OC43)CC2C=C1. The molecule has 0 fully saturated rings. The van der Waals surface area contributed by atoms with Gasteiger partial charge in [0.25, 0.3) is 0 Å². The van der Waals surface area contributed by atoms with Gasteiger partial charge in [-0.3, -0.25) is 0 Å². The van der Waals surface area contributed by atoms with Crippen LogP contribution in [0.2, 0.25) is 0 Å². The van der Waals surface area contributed by atoms with Crippen LogP contribution in [0.25, 0.3) is 45.3 Å². The van der Waals surface area contributed by atoms with Crippen LogP contribution in [0.3, 0.4) is 0 Å². The summed E-state index contributed by atoms with van der Waals surface area (Å²) in [4.78, 5) is 0. The maximum atomic E-state index is 6.75. The maximum absolute atomic E-state index is 6.75. The fourth-order valence-electron chi connectivity index (χ4n) is 7.68. The summed E-state index contributed by atoms with van der Waals surface area (Å²) in [5.41, 5.74) is 11.1. The third-order valence-electron chi connectivity index (χ3n) is 9.61. The quantitative estimate of drug-likeness (QED) is 0.208. The minimum absolute atomic E-state index is 0.171. The zero-order valence-corrected chi connectivity index (χ0v) is 23.9. The van der Waals surface area contributed by atoms with E-state index >= 15 is 0 Å². The number of ether oxygens (including phenoxy) is 2. The van der Waals surface area contributed by atoms with Crippen molar-refractivity contribution in [2.45, 2.75) is 18.6 Å². The van der Waals surface area contributed by atoms with E-state index in [0.29, 0.717) is 5.92 Å². The van der Waals surface area contributed by atoms with Gasteiger partial charge >= 0.3 is 0 Å². The summed E-state index contributed by atoms with van der Waals surface area (Å²) in [5, 5.41) is 2.49. The van der Waals surface area contributed by atoms with Crippen LogP contribution < -0.4 is 9.47 Å². The molecule has 10 rings (SSSR count). The summed E-state index contributed by atoms with van der Waals surface area (Å²) in [5.74, 6) is 1.97. The first-order valence-corrected chi connectivity index (χ1v) is 15.4. The van der Waals surface area contributed by atoms with E-state index in [1.807, 2.05) is 24.3 Å². The molecule has 3 unspecified atom stereocenters. The van der Waals surface area contributed by atoms with Gasteiger partial charge in [0, 0.05) is 33.6 Å². The van der Waals surface area contributed by atoms with Crippen LogP contribution in [0.5, 0.6) is 11.5 Å². The number of para-hydroxylation sites is 4. The Morgan fingerprint density at radius 3 is 2.32 bits per heavy atom. The van der Waals surface area contributed by atoms with Crippen LogP contribution >= 0.6 is 0 Å². The first-order valence-electron chi connectivity index (χ1n) is 15.4. The molecule has 0 amide bonds. The number of fused-ring (bicyclic) bond motifs is 10. The zero-order valence-electron chi connectivity index (χ0n) is 23.9. The smallest absolute Gasteiger partial charge is 0.167 e. The number of rotatable bonds is 2. The lowest BCUT2D eigenvalue weighted by atomic mass is 9.80. The largest absolute Gasteiger partial charge is 0.478 e. The molecular formula is C40H28N2O2. The molecule has 0 saturated carbocycles. The molecule has 0 saturated heterocycles. The van der Waals surface area contributed by atoms with Crippen LogP contribution in [0, 0.1) is 5.92 Å². The normalized spacial score (nSPS) is 20.6. The predicted molar refractivity (Wildman–Crippen MR) is 177 cm³/mol. The Bertz CT molecular complexity index is 2280. The monoisotopic (exact) mass is 568 g/mol. The van der Waals surface area contributed by atoms with Gasteiger partial charge < -0.3 is 18.6 Å². The summed E-state index contributed by atoms with van der Waals surface area (Å²) in [6.45, 7) is 0. The van der Waals surface area contributed by atoms with Crippen molar-refractivity contribution in [3.05, 3.63) is 156 Å². The molecule has 3 aliphatic carbocycles. The van der Waals surface area contributed by atoms with Gasteiger partial charge in [-0.2, -0.15) is 0 Å². The zero-order chi connectivity index (χ0) is 28.8. The lowest BCUT2D eigenvalue weighted by Gasteiger charge is -2.35. The lowest BCUT2D eigenvalue weighted by Crippen LogP contribution is -2.34. The van der Waals surface area contributed by atoms with Crippen LogP contribution in [0.15, 0.2) is 133 Å². The van der Waals surface area contributed by atoms with Gasteiger partial charge in [0.2, 0.25) is 0 Å². The van der Waals surface area contributed by atoms with E-state index in [0.717, 1.165) is 23.6 Å². The van der Waals surface area contributed by atoms with Crippen molar-refractivity contribution in [3.63, 3.8) is 0 Å². The first-order chi connectivity index (χ1) is 21.8. The summed E-state index contributed by atoms with van der Waals surface area (Å²) >= 11 is 0. The second kappa shape index (κ2) is 9.01. The number of aromatic nitrogens is 2. The van der Waals surface area contributed by atoms with Crippen LogP contribution in [-0.4, -0.2) is 15.2 Å². The topological polar surface area (TPSA) is 28.3 Å². The van der Waals surface area contributed by atoms with E-state index < -0.39 is 0 Å². The molecule has 3 atom stereocenters. The third kappa shape index (κ3) is 3.34. The standard InChI is InChI=1S/C40H28N2O2/c1-2-12-27(13-3-1)41-32-15-7-6-14-29(32)30-24-28(18-19-33(30)41)42-34-20-21-38-40(44-37-17-9-8-16-36(37)43-38)39(34)31-22-25-10-4-5-11-26(25)23-35(31)42/h1-21,23-25,38,40H,22H2. The van der Waals surface area contributed by atoms with Crippen LogP contribution in [0.1, 0.15) is 28.6 Å². The average molecular weight is 569 g/mol. The molecule has 1 aliphatic heterocycles. The minimum Gasteiger partial charge on any atom is -0.478 e. The van der Waals surface area contributed by atoms with Crippen LogP contribution in [0.4, 0.5) is 0 Å². The summed E-state index contributed by atoms with van der Waals surface area (Å²) in [6, 6.07) is 34.3. The molecule has 2 aromatic heterocycles. The number of nitrogens with zero attached hydrogens (tertiary/aromatic N) is 2. The lowest BCUT2D eigenvalue weighted by molar-refractivity contribution is 0.0454. The van der Waals surface area contributed by atoms with Gasteiger partial charge in [0.15, 0.2) is 23.7 Å². The van der Waals surface area contributed by atoms with E-state index in [9.17, 15) is 0 Å². The van der Waals surface area contributed by atoms with Crippen molar-refractivity contribution in [2.24, 2.45) is 5.92 Å². The van der Waals surface area contributed by atoms with Gasteiger partial charge in [-0.25, -0.2) is 0 Å². The Labute approximate surface area is 255 Å². The van der Waals surface area contributed by atoms with E-state index in [1.54, 1.807) is 0 Å². The average Bonchev–Trinajstić information content (AvgIpc) is 3.59. The van der Waals surface area contributed by atoms with Gasteiger partial charge in [-0.05, 0) is 84.3 Å². The molecule has 4 aromatic carbocycles. The Kier molecular flexibility index (Phi) is 4.92. The fourth-order valence-corrected chi connectivity index (χ4v) is 7.68. The van der Waals surface area contributed by atoms with Gasteiger partial charge in [-0.1, -0.05) is 72.8 Å². The molecule has 0 bridgehead atoms. The Morgan fingerprint density at radius 1 is 0.614 bits per heavy atom. The van der Waals surface area contributed by atoms with Crippen molar-refractivity contribution in [1.82, 2.24) is 9.13 Å². The van der Waals surface area contributed by atoms with E-state index in [-0.39, 0.29) is 12.2 Å². The molecule has 44 heavy (non-hydrogen) atoms. The van der Waals surface area contributed by atoms with Crippen molar-refractivity contribution < 1.29 is 9.47 Å². The maximum Gasteiger partial charge on any atom is 0.167 e. The fraction of sp³-hybridized carbons (Fsp3) is 0.100. The molecule has 210 valence electrons. The summed E-state index contributed by atoms with van der Waals surface area (Å²) < 4.78 is 18.1. The minimum atomic E-state index is -0.207. The highest BCUT2D eigenvalue weighted by Gasteiger charge is 2.41. The second-order valence-electron chi connectivity index (χ2n) is 12.0. The molecule has 6 aromatic rings. The number of hydrogen-bond acceptors (Lipinski definition) is 2. The first kappa shape index (κ1) is 24.0. The van der Waals surface area contributed by atoms with Crippen molar-refractivity contribution in [1.29, 1.82) is 0 Å². The highest BCUT2D eigenvalue weighted by molar-refractivity contribution is 6.10. The summed E-state index contributed by atoms with van der Waals surface area (Å²) in [7, 11) is 0. The Hall–Kier alpha value is -5.48. The van der Waals surface area contributed by atoms with Gasteiger partial charge in [0.05, 0.1) is 22.4 Å². The summed E-state index contributed by atoms with van der Waals surface area (Å²) in [6.07, 6.45) is 16.3. The Balaban J connectivity index is 1.22. The predicted octanol–water partition coefficient (Wildman–Crippen LogP) is 9.16. The molecule has 0 radical (unpaired) electrons. The van der Waals surface area contributed by atoms with Gasteiger partial charge in [-0.15, -0.1) is 0 Å². The van der Waals surface area contributed by atoms with Crippen molar-refractivity contribution in [3.8, 4) is 22.9 Å². The van der Waals surface area contributed by atoms with E-state index in [2.05, 4.69) is 124 Å². The molecule has 4 nitrogen and oxygen atoms in total. The molecule has 0 N–H and O–H groups in total. The number of benzene rings is 4. The van der Waals surface area contributed by atoms with Gasteiger partial charge in [0.1, 0.15) is 0 Å². The number of hydrogen-bond donors (Lipinski definition) is 0. The molecule has 4 heteroatoms.